The molecule has 0 spiro atoms. The van der Waals surface area contributed by atoms with Crippen molar-refractivity contribution in [3.63, 3.8) is 0 Å². The van der Waals surface area contributed by atoms with Crippen molar-refractivity contribution in [2.45, 2.75) is 40.5 Å². The maximum atomic E-state index is 4.57. The Labute approximate surface area is 309 Å². The van der Waals surface area contributed by atoms with Crippen molar-refractivity contribution in [2.24, 2.45) is 0 Å². The van der Waals surface area contributed by atoms with Crippen LogP contribution < -0.4 is 0 Å². The summed E-state index contributed by atoms with van der Waals surface area (Å²) in [5.41, 5.74) is 14.7. The van der Waals surface area contributed by atoms with Crippen LogP contribution in [0.2, 0.25) is 0 Å². The quantitative estimate of drug-likeness (QED) is 0.161. The Morgan fingerprint density at radius 2 is 0.898 bits per heavy atom. The number of fused-ring (bicyclic) bond motifs is 2. The van der Waals surface area contributed by atoms with E-state index in [1.807, 2.05) is 12.4 Å². The predicted molar refractivity (Wildman–Crippen MR) is 205 cm³/mol. The van der Waals surface area contributed by atoms with Crippen molar-refractivity contribution in [3.8, 4) is 44.8 Å². The molecule has 0 aliphatic heterocycles. The largest absolute Gasteiger partial charge is 2.00 e. The van der Waals surface area contributed by atoms with Gasteiger partial charge in [0, 0.05) is 23.8 Å². The van der Waals surface area contributed by atoms with E-state index in [-0.39, 0.29) is 26.2 Å². The molecule has 0 radical (unpaired) electrons. The Hall–Kier alpha value is -4.72. The molecular weight excluding hydrogens is 672 g/mol. The maximum absolute atomic E-state index is 4.57. The van der Waals surface area contributed by atoms with Gasteiger partial charge in [0.05, 0.1) is 0 Å². The zero-order chi connectivity index (χ0) is 33.0. The molecule has 8 aromatic rings. The molecule has 0 aliphatic carbocycles. The van der Waals surface area contributed by atoms with E-state index >= 15 is 0 Å². The van der Waals surface area contributed by atoms with Crippen LogP contribution in [0.3, 0.4) is 0 Å². The molecule has 0 aliphatic rings. The first-order valence-electron chi connectivity index (χ1n) is 16.9. The monoisotopic (exact) mass is 710 g/mol. The number of hydrogen-bond acceptors (Lipinski definition) is 2. The predicted octanol–water partition coefficient (Wildman–Crippen LogP) is 12.3. The summed E-state index contributed by atoms with van der Waals surface area (Å²) in [6, 6.07) is 48.2. The Balaban J connectivity index is 0.000000167. The minimum atomic E-state index is 0. The SMILES string of the molecule is CCc1ccc(-c2cccc3[cH-]c(-c4ccc(C)cn4)cc23)cc1.CCc1ccc(-c2cccc3[cH-]c(-c4ccc(C)cn4)cc23)cc1.[Zr+2]. The van der Waals surface area contributed by atoms with Gasteiger partial charge in [-0.3, -0.25) is 9.97 Å². The van der Waals surface area contributed by atoms with E-state index in [2.05, 4.69) is 171 Å². The van der Waals surface area contributed by atoms with Gasteiger partial charge >= 0.3 is 26.2 Å². The smallest absolute Gasteiger partial charge is 0.295 e. The first kappa shape index (κ1) is 34.2. The second-order valence-corrected chi connectivity index (χ2v) is 12.6. The molecule has 0 fully saturated rings. The molecule has 0 saturated carbocycles. The van der Waals surface area contributed by atoms with Gasteiger partial charge in [-0.1, -0.05) is 122 Å². The van der Waals surface area contributed by atoms with E-state index in [9.17, 15) is 0 Å². The summed E-state index contributed by atoms with van der Waals surface area (Å²) in [6.45, 7) is 8.51. The van der Waals surface area contributed by atoms with Gasteiger partial charge in [0.1, 0.15) is 0 Å². The van der Waals surface area contributed by atoms with Gasteiger partial charge < -0.3 is 0 Å². The average molecular weight is 712 g/mol. The first-order valence-corrected chi connectivity index (χ1v) is 16.9. The summed E-state index contributed by atoms with van der Waals surface area (Å²) in [6.07, 6.45) is 6.00. The van der Waals surface area contributed by atoms with Crippen LogP contribution in [0.1, 0.15) is 36.1 Å². The topological polar surface area (TPSA) is 25.8 Å². The number of rotatable bonds is 6. The van der Waals surface area contributed by atoms with Gasteiger partial charge in [-0.05, 0) is 60.1 Å². The van der Waals surface area contributed by atoms with Crippen LogP contribution in [0.15, 0.2) is 146 Å². The average Bonchev–Trinajstić information content (AvgIpc) is 3.78. The number of aryl methyl sites for hydroxylation is 4. The molecule has 0 bridgehead atoms. The van der Waals surface area contributed by atoms with Crippen LogP contribution >= 0.6 is 0 Å². The van der Waals surface area contributed by atoms with Gasteiger partial charge in [0.25, 0.3) is 0 Å². The van der Waals surface area contributed by atoms with Crippen molar-refractivity contribution in [1.29, 1.82) is 0 Å². The Bertz CT molecular complexity index is 2120. The van der Waals surface area contributed by atoms with Crippen LogP contribution in [-0.2, 0) is 39.0 Å². The second-order valence-electron chi connectivity index (χ2n) is 12.6. The molecule has 0 saturated heterocycles. The van der Waals surface area contributed by atoms with Crippen molar-refractivity contribution in [1.82, 2.24) is 9.97 Å². The van der Waals surface area contributed by atoms with Crippen LogP contribution in [0.5, 0.6) is 0 Å². The molecule has 8 rings (SSSR count). The van der Waals surface area contributed by atoms with Crippen LogP contribution in [0.25, 0.3) is 66.3 Å². The molecule has 49 heavy (non-hydrogen) atoms. The fourth-order valence-corrected chi connectivity index (χ4v) is 6.39. The molecule has 0 atom stereocenters. The van der Waals surface area contributed by atoms with Crippen molar-refractivity contribution < 1.29 is 26.2 Å². The fraction of sp³-hybridized carbons (Fsp3) is 0.130. The number of pyridine rings is 2. The van der Waals surface area contributed by atoms with E-state index in [4.69, 9.17) is 0 Å². The molecule has 6 aromatic carbocycles. The number of nitrogens with zero attached hydrogens (tertiary/aromatic N) is 2. The molecule has 3 heteroatoms. The third-order valence-corrected chi connectivity index (χ3v) is 9.26. The van der Waals surface area contributed by atoms with Gasteiger partial charge in [-0.2, -0.15) is 0 Å². The van der Waals surface area contributed by atoms with E-state index in [1.165, 1.54) is 77.2 Å². The minimum Gasteiger partial charge on any atom is -0.295 e. The number of aromatic nitrogens is 2. The zero-order valence-corrected chi connectivity index (χ0v) is 31.1. The van der Waals surface area contributed by atoms with E-state index in [0.717, 1.165) is 24.2 Å². The molecule has 2 aromatic heterocycles. The summed E-state index contributed by atoms with van der Waals surface area (Å²) < 4.78 is 0. The fourth-order valence-electron chi connectivity index (χ4n) is 6.39. The first-order chi connectivity index (χ1) is 23.5. The summed E-state index contributed by atoms with van der Waals surface area (Å²) >= 11 is 0. The zero-order valence-electron chi connectivity index (χ0n) is 28.7. The molecule has 2 nitrogen and oxygen atoms in total. The standard InChI is InChI=1S/2C23H20N.Zr/c2*1-3-17-8-10-18(11-9-17)21-6-4-5-19-13-20(14-22(19)21)23-12-7-16(2)15-24-23;/h2*4-15H,3H2,1-2H3;/q2*-1;+2. The van der Waals surface area contributed by atoms with Gasteiger partial charge in [-0.15, -0.1) is 69.1 Å². The van der Waals surface area contributed by atoms with E-state index in [0.29, 0.717) is 0 Å². The minimum absolute atomic E-state index is 0. The molecule has 0 unspecified atom stereocenters. The van der Waals surface area contributed by atoms with Crippen molar-refractivity contribution >= 4 is 21.5 Å². The van der Waals surface area contributed by atoms with Crippen molar-refractivity contribution in [2.75, 3.05) is 0 Å². The van der Waals surface area contributed by atoms with Gasteiger partial charge in [-0.25, -0.2) is 0 Å². The number of hydrogen-bond donors (Lipinski definition) is 0. The molecule has 238 valence electrons. The molecule has 0 N–H and O–H groups in total. The van der Waals surface area contributed by atoms with Crippen LogP contribution in [0, 0.1) is 13.8 Å². The second kappa shape index (κ2) is 15.2. The van der Waals surface area contributed by atoms with Gasteiger partial charge in [0.15, 0.2) is 0 Å². The Morgan fingerprint density at radius 1 is 0.490 bits per heavy atom. The van der Waals surface area contributed by atoms with Gasteiger partial charge in [0.2, 0.25) is 0 Å². The number of benzene rings is 4. The molecular formula is C46H40N2Zr. The normalized spacial score (nSPS) is 10.9. The third kappa shape index (κ3) is 7.48. The molecule has 0 amide bonds. The Morgan fingerprint density at radius 3 is 1.24 bits per heavy atom. The molecule has 2 heterocycles. The van der Waals surface area contributed by atoms with E-state index in [1.54, 1.807) is 0 Å². The summed E-state index contributed by atoms with van der Waals surface area (Å²) in [4.78, 5) is 9.14. The van der Waals surface area contributed by atoms with Crippen LogP contribution in [0.4, 0.5) is 0 Å². The maximum Gasteiger partial charge on any atom is 2.00 e. The van der Waals surface area contributed by atoms with Crippen LogP contribution in [-0.4, -0.2) is 9.97 Å². The summed E-state index contributed by atoms with van der Waals surface area (Å²) in [7, 11) is 0. The summed E-state index contributed by atoms with van der Waals surface area (Å²) in [5, 5.41) is 5.12. The summed E-state index contributed by atoms with van der Waals surface area (Å²) in [5.74, 6) is 0. The third-order valence-electron chi connectivity index (χ3n) is 9.26. The Kier molecular flexibility index (Phi) is 10.6. The van der Waals surface area contributed by atoms with E-state index < -0.39 is 0 Å². The van der Waals surface area contributed by atoms with Crippen molar-refractivity contribution in [3.05, 3.63) is 168 Å².